The minimum Gasteiger partial charge on any atom is -0.606 e. The minimum atomic E-state index is -4.84. The van der Waals surface area contributed by atoms with Crippen LogP contribution in [0.1, 0.15) is 5.56 Å². The highest BCUT2D eigenvalue weighted by atomic mass is 31.2. The van der Waals surface area contributed by atoms with E-state index in [0.29, 0.717) is 0 Å². The number of rotatable bonds is 24. The Morgan fingerprint density at radius 3 is 1.64 bits per heavy atom. The van der Waals surface area contributed by atoms with E-state index in [1.807, 2.05) is 42.5 Å². The molecule has 0 aliphatic heterocycles. The smallest absolute Gasteiger partial charge is 0.376 e. The predicted molar refractivity (Wildman–Crippen MR) is 150 cm³/mol. The molecule has 0 amide bonds. The Hall–Kier alpha value is -4.06. The van der Waals surface area contributed by atoms with E-state index in [1.54, 1.807) is 12.1 Å². The van der Waals surface area contributed by atoms with Crippen LogP contribution >= 0.6 is 8.17 Å². The monoisotopic (exact) mass is 678 g/mol. The third kappa shape index (κ3) is 16.4. The average Bonchev–Trinajstić information content (AvgIpc) is 2.97. The van der Waals surface area contributed by atoms with Gasteiger partial charge in [-0.15, -0.1) is 0 Å². The van der Waals surface area contributed by atoms with Crippen molar-refractivity contribution in [3.05, 3.63) is 60.2 Å². The first kappa shape index (κ1) is 39.1. The highest BCUT2D eigenvalue weighted by Gasteiger charge is 2.32. The predicted octanol–water partition coefficient (Wildman–Crippen LogP) is -7.02. The molecule has 2 aromatic carbocycles. The molecule has 2 rings (SSSR count). The summed E-state index contributed by atoms with van der Waals surface area (Å²) in [5.41, 5.74) is 2.71. The van der Waals surface area contributed by atoms with E-state index in [-0.39, 0.29) is 26.1 Å². The molecule has 2 atom stereocenters. The summed E-state index contributed by atoms with van der Waals surface area (Å²) in [6.45, 7) is -7.11. The minimum absolute atomic E-state index is 0.196. The molecule has 0 aliphatic rings. The summed E-state index contributed by atoms with van der Waals surface area (Å²) in [7, 11) is -4.84. The first-order valence-electron chi connectivity index (χ1n) is 14.1. The summed E-state index contributed by atoms with van der Waals surface area (Å²) in [5, 5.41) is 56.2. The van der Waals surface area contributed by atoms with E-state index in [9.17, 15) is 59.3 Å². The zero-order valence-electron chi connectivity index (χ0n) is 25.1. The van der Waals surface area contributed by atoms with E-state index in [4.69, 9.17) is 9.05 Å². The van der Waals surface area contributed by atoms with Crippen LogP contribution < -0.4 is 30.4 Å². The Kier molecular flexibility index (Phi) is 16.3. The molecular weight excluding hydrogens is 645 g/mol. The Bertz CT molecular complexity index is 1300. The van der Waals surface area contributed by atoms with E-state index in [1.165, 1.54) is 0 Å². The van der Waals surface area contributed by atoms with Gasteiger partial charge in [0.2, 0.25) is 0 Å². The summed E-state index contributed by atoms with van der Waals surface area (Å²) in [5.74, 6) is -8.44. The van der Waals surface area contributed by atoms with Crippen LogP contribution in [0.15, 0.2) is 54.6 Å². The maximum Gasteiger partial charge on any atom is 0.376 e. The number of carboxylic acids is 5. The van der Waals surface area contributed by atoms with Gasteiger partial charge in [-0.1, -0.05) is 54.6 Å². The molecular formula is C29H33N3O14P-5. The highest BCUT2D eigenvalue weighted by Crippen LogP contribution is 2.47. The first-order chi connectivity index (χ1) is 22.1. The van der Waals surface area contributed by atoms with Gasteiger partial charge >= 0.3 is 8.17 Å². The molecule has 2 aromatic rings. The van der Waals surface area contributed by atoms with Crippen LogP contribution in [0.2, 0.25) is 0 Å². The maximum atomic E-state index is 12.7. The number of carbonyl (C=O) groups is 5. The molecule has 0 heterocycles. The van der Waals surface area contributed by atoms with Gasteiger partial charge in [-0.3, -0.25) is 14.7 Å². The van der Waals surface area contributed by atoms with Crippen molar-refractivity contribution in [3.63, 3.8) is 0 Å². The molecule has 258 valence electrons. The van der Waals surface area contributed by atoms with Gasteiger partial charge in [0.25, 0.3) is 0 Å². The number of carboxylic acid groups (broad SMARTS) is 5. The quantitative estimate of drug-likeness (QED) is 0.101. The summed E-state index contributed by atoms with van der Waals surface area (Å²) in [6, 6.07) is 15.5. The zero-order valence-corrected chi connectivity index (χ0v) is 26.0. The van der Waals surface area contributed by atoms with Crippen LogP contribution in [-0.4, -0.2) is 121 Å². The lowest BCUT2D eigenvalue weighted by Crippen LogP contribution is -2.56. The number of nitrogens with zero attached hydrogens (tertiary/aromatic N) is 3. The van der Waals surface area contributed by atoms with Crippen molar-refractivity contribution >= 4 is 38.0 Å². The number of hydrogen-bond donors (Lipinski definition) is 1. The number of benzene rings is 2. The van der Waals surface area contributed by atoms with E-state index in [0.717, 1.165) is 31.4 Å². The molecule has 1 N–H and O–H groups in total. The maximum absolute atomic E-state index is 12.7. The van der Waals surface area contributed by atoms with Crippen molar-refractivity contribution in [2.45, 2.75) is 12.5 Å². The molecule has 2 unspecified atom stereocenters. The average molecular weight is 679 g/mol. The fourth-order valence-electron chi connectivity index (χ4n) is 4.49. The summed E-state index contributed by atoms with van der Waals surface area (Å²) < 4.78 is 10.1. The largest absolute Gasteiger partial charge is 0.606 e. The van der Waals surface area contributed by atoms with E-state index < -0.39 is 89.9 Å². The van der Waals surface area contributed by atoms with Crippen LogP contribution in [0.5, 0.6) is 0 Å². The standard InChI is InChI=1S/C29H38N3O14P/c33-25(34)15-30(11-12-31(16-26(35)36)17-27(37)38)14-24(32(18-28(39)40)19-29(41)42)20-46-47(43,44)45-13-10-21-6-8-23(9-7-21)22-4-2-1-3-5-22/h1-9,24H,10-20H2,(H,33,34)(H,35,36)(H,37,38)(H,39,40)(H,41,42)(H,43,44)/p-5. The lowest BCUT2D eigenvalue weighted by Gasteiger charge is -2.37. The van der Waals surface area contributed by atoms with Crippen molar-refractivity contribution in [1.29, 1.82) is 0 Å². The van der Waals surface area contributed by atoms with Crippen molar-refractivity contribution in [3.8, 4) is 11.1 Å². The van der Waals surface area contributed by atoms with Crippen LogP contribution in [0.25, 0.3) is 11.1 Å². The molecule has 17 nitrogen and oxygen atoms in total. The third-order valence-electron chi connectivity index (χ3n) is 6.58. The normalized spacial score (nSPS) is 13.4. The Morgan fingerprint density at radius 2 is 1.13 bits per heavy atom. The van der Waals surface area contributed by atoms with Crippen LogP contribution in [0.4, 0.5) is 0 Å². The molecule has 0 aromatic heterocycles. The molecule has 18 heteroatoms. The topological polar surface area (TPSA) is 272 Å². The van der Waals surface area contributed by atoms with E-state index in [2.05, 4.69) is 0 Å². The van der Waals surface area contributed by atoms with Crippen molar-refractivity contribution in [2.75, 3.05) is 65.6 Å². The molecule has 0 aliphatic carbocycles. The summed E-state index contributed by atoms with van der Waals surface area (Å²) in [6.07, 6.45) is 0.196. The Morgan fingerprint density at radius 1 is 0.660 bits per heavy atom. The van der Waals surface area contributed by atoms with Crippen LogP contribution in [0.3, 0.4) is 0 Å². The number of hydrogen-bond acceptors (Lipinski definition) is 17. The SMILES string of the molecule is O=C([O-])CN(CCN(CC(=O)[O-])CC(CO[P+]([O-])(O)OCCc1ccc(-c2ccccc2)cc1)N(CC(=O)[O-])CC(=O)[O-])CC(=O)[O-]. The lowest BCUT2D eigenvalue weighted by atomic mass is 10.0. The number of phosphoric ester groups is 1. The van der Waals surface area contributed by atoms with Crippen molar-refractivity contribution in [1.82, 2.24) is 14.7 Å². The highest BCUT2D eigenvalue weighted by molar-refractivity contribution is 7.52. The molecule has 47 heavy (non-hydrogen) atoms. The van der Waals surface area contributed by atoms with E-state index >= 15 is 0 Å². The fraction of sp³-hybridized carbons (Fsp3) is 0.414. The fourth-order valence-corrected chi connectivity index (χ4v) is 5.24. The van der Waals surface area contributed by atoms with Gasteiger partial charge in [-0.25, -0.2) is 0 Å². The lowest BCUT2D eigenvalue weighted by molar-refractivity contribution is -0.313. The second-order valence-corrected chi connectivity index (χ2v) is 11.7. The molecule has 0 saturated carbocycles. The van der Waals surface area contributed by atoms with Gasteiger partial charge in [0.1, 0.15) is 13.2 Å². The van der Waals surface area contributed by atoms with Crippen LogP contribution in [0, 0.1) is 0 Å². The third-order valence-corrected chi connectivity index (χ3v) is 7.56. The Labute approximate surface area is 270 Å². The number of carbonyl (C=O) groups excluding carboxylic acids is 5. The van der Waals surface area contributed by atoms with Crippen molar-refractivity contribution in [2.24, 2.45) is 0 Å². The summed E-state index contributed by atoms with van der Waals surface area (Å²) in [4.78, 5) is 81.8. The zero-order chi connectivity index (χ0) is 35.0. The van der Waals surface area contributed by atoms with Gasteiger partial charge in [0.15, 0.2) is 0 Å². The van der Waals surface area contributed by atoms with Crippen LogP contribution in [-0.2, 0) is 39.4 Å². The van der Waals surface area contributed by atoms with Gasteiger partial charge in [0.05, 0.1) is 35.9 Å². The molecule has 0 spiro atoms. The van der Waals surface area contributed by atoms with Gasteiger partial charge < -0.3 is 54.4 Å². The van der Waals surface area contributed by atoms with Crippen molar-refractivity contribution < 1.29 is 68.3 Å². The Balaban J connectivity index is 2.13. The van der Waals surface area contributed by atoms with Gasteiger partial charge in [-0.2, -0.15) is 13.9 Å². The molecule has 0 bridgehead atoms. The number of aliphatic carboxylic acids is 5. The number of phosphoric acid groups is 1. The van der Waals surface area contributed by atoms with Gasteiger partial charge in [-0.05, 0) is 16.7 Å². The second-order valence-electron chi connectivity index (χ2n) is 10.3. The molecule has 0 fully saturated rings. The second kappa shape index (κ2) is 19.6. The van der Waals surface area contributed by atoms with Gasteiger partial charge in [0, 0.05) is 58.8 Å². The first-order valence-corrected chi connectivity index (χ1v) is 15.6. The molecule has 0 saturated heterocycles. The molecule has 0 radical (unpaired) electrons. The summed E-state index contributed by atoms with van der Waals surface area (Å²) >= 11 is 0.